The van der Waals surface area contributed by atoms with Gasteiger partial charge in [0.1, 0.15) is 0 Å². The normalized spacial score (nSPS) is 10.0. The van der Waals surface area contributed by atoms with Crippen LogP contribution in [0.25, 0.3) is 0 Å². The van der Waals surface area contributed by atoms with E-state index >= 15 is 0 Å². The van der Waals surface area contributed by atoms with Gasteiger partial charge in [-0.25, -0.2) is 0 Å². The summed E-state index contributed by atoms with van der Waals surface area (Å²) in [5, 5.41) is 7.07. The van der Waals surface area contributed by atoms with E-state index in [0.29, 0.717) is 6.54 Å². The number of anilines is 1. The Balaban J connectivity index is 2.17. The van der Waals surface area contributed by atoms with Crippen LogP contribution >= 0.6 is 0 Å². The van der Waals surface area contributed by atoms with Crippen molar-refractivity contribution < 1.29 is 4.79 Å². The number of amides is 1. The fourth-order valence-corrected chi connectivity index (χ4v) is 1.78. The first-order valence-electron chi connectivity index (χ1n) is 6.16. The van der Waals surface area contributed by atoms with Crippen molar-refractivity contribution in [1.29, 1.82) is 0 Å². The van der Waals surface area contributed by atoms with Crippen LogP contribution in [0.5, 0.6) is 0 Å². The maximum Gasteiger partial charge on any atom is 0.248 e. The molecule has 1 aromatic heterocycles. The number of para-hydroxylation sites is 1. The van der Waals surface area contributed by atoms with Gasteiger partial charge in [-0.1, -0.05) is 23.8 Å². The van der Waals surface area contributed by atoms with Crippen LogP contribution < -0.4 is 5.32 Å². The fourth-order valence-electron chi connectivity index (χ4n) is 1.78. The standard InChI is InChI=1S/C15H17N3O/c1-12(2)10-15(19)17-14-7-4-3-6-13(14)11-18-9-5-8-16-18/h3-10H,11H2,1-2H3,(H,17,19). The molecule has 0 unspecified atom stereocenters. The highest BCUT2D eigenvalue weighted by atomic mass is 16.1. The zero-order valence-corrected chi connectivity index (χ0v) is 11.1. The van der Waals surface area contributed by atoms with Crippen LogP contribution in [0.4, 0.5) is 5.69 Å². The SMILES string of the molecule is CC(C)=CC(=O)Nc1ccccc1Cn1cccn1. The molecule has 1 heterocycles. The highest BCUT2D eigenvalue weighted by molar-refractivity contribution is 6.00. The number of aromatic nitrogens is 2. The molecule has 0 spiro atoms. The van der Waals surface area contributed by atoms with E-state index in [9.17, 15) is 4.79 Å². The van der Waals surface area contributed by atoms with E-state index in [2.05, 4.69) is 10.4 Å². The van der Waals surface area contributed by atoms with Gasteiger partial charge in [-0.15, -0.1) is 0 Å². The van der Waals surface area contributed by atoms with E-state index in [1.54, 1.807) is 12.3 Å². The van der Waals surface area contributed by atoms with E-state index in [-0.39, 0.29) is 5.91 Å². The molecule has 2 rings (SSSR count). The van der Waals surface area contributed by atoms with Crippen molar-refractivity contribution in [2.45, 2.75) is 20.4 Å². The molecule has 4 heteroatoms. The Morgan fingerprint density at radius 1 is 1.32 bits per heavy atom. The molecule has 0 bridgehead atoms. The van der Waals surface area contributed by atoms with Crippen LogP contribution in [0, 0.1) is 0 Å². The zero-order valence-electron chi connectivity index (χ0n) is 11.1. The summed E-state index contributed by atoms with van der Waals surface area (Å²) in [6.45, 7) is 4.43. The number of allylic oxidation sites excluding steroid dienone is 1. The highest BCUT2D eigenvalue weighted by Crippen LogP contribution is 2.16. The number of carbonyl (C=O) groups is 1. The van der Waals surface area contributed by atoms with Crippen LogP contribution in [-0.4, -0.2) is 15.7 Å². The lowest BCUT2D eigenvalue weighted by Crippen LogP contribution is -2.11. The van der Waals surface area contributed by atoms with Crippen LogP contribution in [0.2, 0.25) is 0 Å². The monoisotopic (exact) mass is 255 g/mol. The number of hydrogen-bond acceptors (Lipinski definition) is 2. The number of benzene rings is 1. The number of nitrogens with zero attached hydrogens (tertiary/aromatic N) is 2. The van der Waals surface area contributed by atoms with Crippen LogP contribution in [0.1, 0.15) is 19.4 Å². The van der Waals surface area contributed by atoms with E-state index < -0.39 is 0 Å². The van der Waals surface area contributed by atoms with E-state index in [4.69, 9.17) is 0 Å². The summed E-state index contributed by atoms with van der Waals surface area (Å²) >= 11 is 0. The molecule has 98 valence electrons. The van der Waals surface area contributed by atoms with Crippen molar-refractivity contribution in [2.24, 2.45) is 0 Å². The average Bonchev–Trinajstić information content (AvgIpc) is 2.83. The first kappa shape index (κ1) is 13.1. The number of nitrogens with one attached hydrogen (secondary N) is 1. The second-order valence-electron chi connectivity index (χ2n) is 4.57. The zero-order chi connectivity index (χ0) is 13.7. The Morgan fingerprint density at radius 2 is 2.11 bits per heavy atom. The van der Waals surface area contributed by atoms with Gasteiger partial charge in [-0.3, -0.25) is 9.48 Å². The molecule has 19 heavy (non-hydrogen) atoms. The maximum atomic E-state index is 11.8. The second-order valence-corrected chi connectivity index (χ2v) is 4.57. The topological polar surface area (TPSA) is 46.9 Å². The Morgan fingerprint density at radius 3 is 2.79 bits per heavy atom. The minimum absolute atomic E-state index is 0.104. The minimum atomic E-state index is -0.104. The Hall–Kier alpha value is -2.36. The molecule has 0 aliphatic heterocycles. The maximum absolute atomic E-state index is 11.8. The summed E-state index contributed by atoms with van der Waals surface area (Å²) in [7, 11) is 0. The first-order valence-corrected chi connectivity index (χ1v) is 6.16. The summed E-state index contributed by atoms with van der Waals surface area (Å²) in [5.41, 5.74) is 2.82. The molecule has 0 saturated heterocycles. The molecular formula is C15H17N3O. The van der Waals surface area contributed by atoms with Gasteiger partial charge >= 0.3 is 0 Å². The Kier molecular flexibility index (Phi) is 4.13. The fraction of sp³-hybridized carbons (Fsp3) is 0.200. The van der Waals surface area contributed by atoms with Gasteiger partial charge in [0, 0.05) is 24.2 Å². The van der Waals surface area contributed by atoms with Crippen molar-refractivity contribution >= 4 is 11.6 Å². The summed E-state index contributed by atoms with van der Waals surface area (Å²) in [6.07, 6.45) is 5.23. The van der Waals surface area contributed by atoms with Gasteiger partial charge in [0.2, 0.25) is 5.91 Å². The lowest BCUT2D eigenvalue weighted by Gasteiger charge is -2.10. The molecule has 1 N–H and O–H groups in total. The minimum Gasteiger partial charge on any atom is -0.322 e. The Labute approximate surface area is 112 Å². The lowest BCUT2D eigenvalue weighted by atomic mass is 10.1. The van der Waals surface area contributed by atoms with E-state index in [1.807, 2.05) is 55.1 Å². The molecule has 0 aliphatic carbocycles. The third-order valence-corrected chi connectivity index (χ3v) is 2.59. The molecule has 4 nitrogen and oxygen atoms in total. The predicted molar refractivity (Wildman–Crippen MR) is 75.8 cm³/mol. The van der Waals surface area contributed by atoms with Crippen LogP contribution in [-0.2, 0) is 11.3 Å². The van der Waals surface area contributed by atoms with Crippen molar-refractivity contribution in [3.63, 3.8) is 0 Å². The van der Waals surface area contributed by atoms with Crippen molar-refractivity contribution in [2.75, 3.05) is 5.32 Å². The highest BCUT2D eigenvalue weighted by Gasteiger charge is 2.05. The average molecular weight is 255 g/mol. The lowest BCUT2D eigenvalue weighted by molar-refractivity contribution is -0.111. The molecule has 0 radical (unpaired) electrons. The third kappa shape index (κ3) is 3.81. The Bertz CT molecular complexity index is 581. The van der Waals surface area contributed by atoms with Gasteiger partial charge in [0.25, 0.3) is 0 Å². The quantitative estimate of drug-likeness (QED) is 0.854. The molecular weight excluding hydrogens is 238 g/mol. The van der Waals surface area contributed by atoms with Gasteiger partial charge in [0.15, 0.2) is 0 Å². The van der Waals surface area contributed by atoms with Crippen molar-refractivity contribution in [1.82, 2.24) is 9.78 Å². The van der Waals surface area contributed by atoms with Gasteiger partial charge < -0.3 is 5.32 Å². The molecule has 2 aromatic rings. The molecule has 1 aromatic carbocycles. The van der Waals surface area contributed by atoms with E-state index in [1.165, 1.54) is 0 Å². The van der Waals surface area contributed by atoms with Crippen LogP contribution in [0.15, 0.2) is 54.4 Å². The first-order chi connectivity index (χ1) is 9.15. The smallest absolute Gasteiger partial charge is 0.248 e. The summed E-state index contributed by atoms with van der Waals surface area (Å²) in [6, 6.07) is 9.62. The number of carbonyl (C=O) groups excluding carboxylic acids is 1. The third-order valence-electron chi connectivity index (χ3n) is 2.59. The molecule has 1 amide bonds. The van der Waals surface area contributed by atoms with Gasteiger partial charge in [-0.05, 0) is 31.5 Å². The summed E-state index contributed by atoms with van der Waals surface area (Å²) < 4.78 is 1.83. The van der Waals surface area contributed by atoms with Crippen molar-refractivity contribution in [3.8, 4) is 0 Å². The van der Waals surface area contributed by atoms with Crippen LogP contribution in [0.3, 0.4) is 0 Å². The summed E-state index contributed by atoms with van der Waals surface area (Å²) in [5.74, 6) is -0.104. The predicted octanol–water partition coefficient (Wildman–Crippen LogP) is 2.84. The molecule has 0 fully saturated rings. The number of hydrogen-bond donors (Lipinski definition) is 1. The molecule has 0 aliphatic rings. The van der Waals surface area contributed by atoms with E-state index in [0.717, 1.165) is 16.8 Å². The number of rotatable bonds is 4. The van der Waals surface area contributed by atoms with Gasteiger partial charge in [0.05, 0.1) is 6.54 Å². The van der Waals surface area contributed by atoms with Gasteiger partial charge in [-0.2, -0.15) is 5.10 Å². The largest absolute Gasteiger partial charge is 0.322 e. The second kappa shape index (κ2) is 6.00. The summed E-state index contributed by atoms with van der Waals surface area (Å²) in [4.78, 5) is 11.8. The van der Waals surface area contributed by atoms with Crippen molar-refractivity contribution in [3.05, 3.63) is 59.9 Å². The molecule has 0 saturated carbocycles. The molecule has 0 atom stereocenters.